The summed E-state index contributed by atoms with van der Waals surface area (Å²) in [5, 5.41) is 0.963. The number of rotatable bonds is 5. The summed E-state index contributed by atoms with van der Waals surface area (Å²) in [7, 11) is -1.34. The molecule has 1 rings (SSSR count). The second-order valence-corrected chi connectivity index (χ2v) is 9.85. The van der Waals surface area contributed by atoms with Crippen LogP contribution in [-0.4, -0.2) is 14.7 Å². The van der Waals surface area contributed by atoms with Gasteiger partial charge in [0.25, 0.3) is 0 Å². The third kappa shape index (κ3) is 4.49. The lowest BCUT2D eigenvalue weighted by molar-refractivity contribution is 0.272. The number of hydrogen-bond acceptors (Lipinski definition) is 1. The van der Waals surface area contributed by atoms with Gasteiger partial charge in [0.15, 0.2) is 0 Å². The van der Waals surface area contributed by atoms with Gasteiger partial charge in [-0.3, -0.25) is 0 Å². The molecule has 0 saturated carbocycles. The number of benzene rings is 1. The molecule has 0 saturated heterocycles. The highest BCUT2D eigenvalue weighted by atomic mass is 28.3. The van der Waals surface area contributed by atoms with Crippen molar-refractivity contribution in [2.24, 2.45) is 0 Å². The van der Waals surface area contributed by atoms with Crippen LogP contribution < -0.4 is 0 Å². The van der Waals surface area contributed by atoms with Crippen molar-refractivity contribution in [2.75, 3.05) is 6.61 Å². The minimum atomic E-state index is -1.34. The van der Waals surface area contributed by atoms with E-state index in [0.717, 1.165) is 5.38 Å². The molecule has 0 aromatic heterocycles. The molecule has 0 heterocycles. The highest BCUT2D eigenvalue weighted by Crippen LogP contribution is 2.13. The lowest BCUT2D eigenvalue weighted by Gasteiger charge is -2.19. The first-order valence-electron chi connectivity index (χ1n) is 5.54. The monoisotopic (exact) mass is 232 g/mol. The highest BCUT2D eigenvalue weighted by molar-refractivity contribution is 6.82. The number of hydrogen-bond donors (Lipinski definition) is 0. The fraction of sp³-hybridized carbons (Fsp3) is 0.286. The van der Waals surface area contributed by atoms with Gasteiger partial charge >= 0.3 is 0 Å². The molecule has 0 N–H and O–H groups in total. The first-order valence-corrected chi connectivity index (χ1v) is 9.04. The van der Waals surface area contributed by atoms with Gasteiger partial charge in [-0.25, -0.2) is 0 Å². The molecule has 1 aromatic rings. The van der Waals surface area contributed by atoms with E-state index in [2.05, 4.69) is 44.4 Å². The maximum atomic E-state index is 5.61. The summed E-state index contributed by atoms with van der Waals surface area (Å²) in [6.07, 6.45) is 4.10. The van der Waals surface area contributed by atoms with Crippen LogP contribution in [0.1, 0.15) is 5.56 Å². The molecule has 0 atom stereocenters. The van der Waals surface area contributed by atoms with Gasteiger partial charge in [0.05, 0.1) is 5.38 Å². The van der Waals surface area contributed by atoms with Crippen molar-refractivity contribution in [1.82, 2.24) is 0 Å². The topological polar surface area (TPSA) is 9.23 Å². The van der Waals surface area contributed by atoms with Gasteiger partial charge in [0.2, 0.25) is 0 Å². The quantitative estimate of drug-likeness (QED) is 0.548. The van der Waals surface area contributed by atoms with Crippen LogP contribution in [0.3, 0.4) is 0 Å². The van der Waals surface area contributed by atoms with E-state index in [4.69, 9.17) is 4.74 Å². The lowest BCUT2D eigenvalue weighted by atomic mass is 10.2. The lowest BCUT2D eigenvalue weighted by Crippen LogP contribution is -2.25. The molecule has 0 bridgehead atoms. The van der Waals surface area contributed by atoms with Gasteiger partial charge in [-0.2, -0.15) is 0 Å². The first-order chi connectivity index (χ1) is 7.50. The molecule has 16 heavy (non-hydrogen) atoms. The minimum Gasteiger partial charge on any atom is -0.500 e. The Bertz CT molecular complexity index is 360. The SMILES string of the molecule is C=C(OC/C=C\c1ccccc1)[Si](C)(C)C. The highest BCUT2D eigenvalue weighted by Gasteiger charge is 2.18. The Labute approximate surface area is 99.5 Å². The maximum absolute atomic E-state index is 5.61. The van der Waals surface area contributed by atoms with E-state index < -0.39 is 8.07 Å². The molecule has 0 aliphatic rings. The van der Waals surface area contributed by atoms with Crippen LogP contribution in [0.2, 0.25) is 19.6 Å². The molecule has 1 aromatic carbocycles. The largest absolute Gasteiger partial charge is 0.500 e. The van der Waals surface area contributed by atoms with Crippen LogP contribution in [-0.2, 0) is 4.74 Å². The molecular formula is C14H20OSi. The zero-order valence-electron chi connectivity index (χ0n) is 10.4. The molecule has 0 aliphatic heterocycles. The van der Waals surface area contributed by atoms with E-state index >= 15 is 0 Å². The van der Waals surface area contributed by atoms with Crippen molar-refractivity contribution in [1.29, 1.82) is 0 Å². The molecule has 0 unspecified atom stereocenters. The molecule has 0 spiro atoms. The standard InChI is InChI=1S/C14H20OSi/c1-13(16(2,3)4)15-12-8-11-14-9-6-5-7-10-14/h5-11H,1,12H2,2-4H3/b11-8-. The normalized spacial score (nSPS) is 11.7. The minimum absolute atomic E-state index is 0.609. The zero-order chi connectivity index (χ0) is 12.0. The Hall–Kier alpha value is -1.28. The summed E-state index contributed by atoms with van der Waals surface area (Å²) >= 11 is 0. The number of ether oxygens (including phenoxy) is 1. The molecule has 0 aliphatic carbocycles. The van der Waals surface area contributed by atoms with Gasteiger partial charge in [-0.1, -0.05) is 62.6 Å². The van der Waals surface area contributed by atoms with E-state index in [1.54, 1.807) is 0 Å². The molecule has 0 amide bonds. The predicted molar refractivity (Wildman–Crippen MR) is 73.9 cm³/mol. The molecule has 1 nitrogen and oxygen atoms in total. The summed E-state index contributed by atoms with van der Waals surface area (Å²) in [5.41, 5.74) is 1.20. The summed E-state index contributed by atoms with van der Waals surface area (Å²) in [4.78, 5) is 0. The maximum Gasteiger partial charge on any atom is 0.121 e. The van der Waals surface area contributed by atoms with E-state index in [9.17, 15) is 0 Å². The Kier molecular flexibility index (Phi) is 4.56. The van der Waals surface area contributed by atoms with Gasteiger partial charge in [-0.15, -0.1) is 0 Å². The first kappa shape index (κ1) is 12.8. The van der Waals surface area contributed by atoms with Crippen LogP contribution >= 0.6 is 0 Å². The van der Waals surface area contributed by atoms with Crippen molar-refractivity contribution >= 4 is 14.1 Å². The summed E-state index contributed by atoms with van der Waals surface area (Å²) in [6.45, 7) is 11.3. The third-order valence-electron chi connectivity index (χ3n) is 2.30. The van der Waals surface area contributed by atoms with Crippen molar-refractivity contribution in [3.05, 3.63) is 53.9 Å². The van der Waals surface area contributed by atoms with Crippen molar-refractivity contribution < 1.29 is 4.74 Å². The third-order valence-corrected chi connectivity index (χ3v) is 4.12. The van der Waals surface area contributed by atoms with E-state index in [0.29, 0.717) is 6.61 Å². The molecule has 0 fully saturated rings. The van der Waals surface area contributed by atoms with Crippen LogP contribution in [0.25, 0.3) is 6.08 Å². The van der Waals surface area contributed by atoms with E-state index in [-0.39, 0.29) is 0 Å². The van der Waals surface area contributed by atoms with Crippen LogP contribution in [0.4, 0.5) is 0 Å². The van der Waals surface area contributed by atoms with Gasteiger partial charge in [-0.05, 0) is 11.6 Å². The van der Waals surface area contributed by atoms with Gasteiger partial charge in [0, 0.05) is 0 Å². The van der Waals surface area contributed by atoms with Gasteiger partial charge in [0.1, 0.15) is 14.7 Å². The van der Waals surface area contributed by atoms with E-state index in [1.165, 1.54) is 5.56 Å². The molecular weight excluding hydrogens is 212 g/mol. The van der Waals surface area contributed by atoms with Crippen molar-refractivity contribution in [2.45, 2.75) is 19.6 Å². The molecule has 86 valence electrons. The Morgan fingerprint density at radius 1 is 1.25 bits per heavy atom. The Morgan fingerprint density at radius 2 is 1.88 bits per heavy atom. The van der Waals surface area contributed by atoms with E-state index in [1.807, 2.05) is 24.3 Å². The predicted octanol–water partition coefficient (Wildman–Crippen LogP) is 4.11. The fourth-order valence-electron chi connectivity index (χ4n) is 1.11. The second kappa shape index (κ2) is 5.71. The average Bonchev–Trinajstić information content (AvgIpc) is 2.24. The zero-order valence-corrected chi connectivity index (χ0v) is 11.4. The van der Waals surface area contributed by atoms with Gasteiger partial charge < -0.3 is 4.74 Å². The molecule has 0 radical (unpaired) electrons. The average molecular weight is 232 g/mol. The Balaban J connectivity index is 2.37. The van der Waals surface area contributed by atoms with Crippen molar-refractivity contribution in [3.8, 4) is 0 Å². The Morgan fingerprint density at radius 3 is 2.44 bits per heavy atom. The van der Waals surface area contributed by atoms with Crippen LogP contribution in [0, 0.1) is 0 Å². The summed E-state index contributed by atoms with van der Waals surface area (Å²) < 4.78 is 5.61. The van der Waals surface area contributed by atoms with Crippen LogP contribution in [0.5, 0.6) is 0 Å². The summed E-state index contributed by atoms with van der Waals surface area (Å²) in [6, 6.07) is 10.2. The molecule has 2 heteroatoms. The second-order valence-electron chi connectivity index (χ2n) is 4.80. The smallest absolute Gasteiger partial charge is 0.121 e. The fourth-order valence-corrected chi connectivity index (χ4v) is 1.63. The summed E-state index contributed by atoms with van der Waals surface area (Å²) in [5.74, 6) is 0. The van der Waals surface area contributed by atoms with Crippen molar-refractivity contribution in [3.63, 3.8) is 0 Å². The van der Waals surface area contributed by atoms with Crippen LogP contribution in [0.15, 0.2) is 48.4 Å².